The maximum atomic E-state index is 12.8. The van der Waals surface area contributed by atoms with E-state index in [-0.39, 0.29) is 35.1 Å². The van der Waals surface area contributed by atoms with Crippen LogP contribution in [0.3, 0.4) is 0 Å². The standard InChI is InChI=1S/C19H18O4/c1-11(20)15-9-12(5-4-8-17(15)21)16-10-18(22)13-6-2-3-7-14(13)19(16)23/h2-3,6-7,9,16,21H,4-5,8,10H2,1H3. The predicted octanol–water partition coefficient (Wildman–Crippen LogP) is 3.58. The molecule has 1 N–H and O–H groups in total. The van der Waals surface area contributed by atoms with Crippen molar-refractivity contribution in [2.45, 2.75) is 32.6 Å². The van der Waals surface area contributed by atoms with Crippen molar-refractivity contribution in [3.63, 3.8) is 0 Å². The van der Waals surface area contributed by atoms with E-state index in [1.165, 1.54) is 6.92 Å². The Bertz CT molecular complexity index is 767. The summed E-state index contributed by atoms with van der Waals surface area (Å²) in [4.78, 5) is 36.8. The second-order valence-corrected chi connectivity index (χ2v) is 6.08. The molecule has 0 spiro atoms. The molecule has 1 aromatic carbocycles. The van der Waals surface area contributed by atoms with Gasteiger partial charge in [-0.25, -0.2) is 0 Å². The molecule has 118 valence electrons. The van der Waals surface area contributed by atoms with Crippen molar-refractivity contribution >= 4 is 17.3 Å². The monoisotopic (exact) mass is 310 g/mol. The van der Waals surface area contributed by atoms with Crippen LogP contribution in [0.15, 0.2) is 47.2 Å². The second-order valence-electron chi connectivity index (χ2n) is 6.08. The third kappa shape index (κ3) is 2.77. The van der Waals surface area contributed by atoms with E-state index in [0.717, 1.165) is 5.57 Å². The molecule has 1 aromatic rings. The highest BCUT2D eigenvalue weighted by atomic mass is 16.3. The van der Waals surface area contributed by atoms with Gasteiger partial charge >= 0.3 is 0 Å². The van der Waals surface area contributed by atoms with Crippen LogP contribution in [0.5, 0.6) is 0 Å². The van der Waals surface area contributed by atoms with Crippen molar-refractivity contribution in [1.29, 1.82) is 0 Å². The van der Waals surface area contributed by atoms with Crippen LogP contribution in [0, 0.1) is 5.92 Å². The summed E-state index contributed by atoms with van der Waals surface area (Å²) >= 11 is 0. The zero-order valence-electron chi connectivity index (χ0n) is 13.0. The van der Waals surface area contributed by atoms with Gasteiger partial charge in [0.05, 0.1) is 11.5 Å². The fourth-order valence-electron chi connectivity index (χ4n) is 3.33. The molecule has 3 rings (SSSR count). The number of benzene rings is 1. The smallest absolute Gasteiger partial charge is 0.171 e. The fourth-order valence-corrected chi connectivity index (χ4v) is 3.33. The van der Waals surface area contributed by atoms with Crippen LogP contribution in [0.1, 0.15) is 53.3 Å². The Morgan fingerprint density at radius 3 is 2.52 bits per heavy atom. The van der Waals surface area contributed by atoms with E-state index in [9.17, 15) is 19.5 Å². The molecule has 0 heterocycles. The Morgan fingerprint density at radius 2 is 1.83 bits per heavy atom. The van der Waals surface area contributed by atoms with Gasteiger partial charge in [0.25, 0.3) is 0 Å². The van der Waals surface area contributed by atoms with Crippen molar-refractivity contribution in [2.24, 2.45) is 5.92 Å². The molecule has 1 unspecified atom stereocenters. The lowest BCUT2D eigenvalue weighted by atomic mass is 9.76. The lowest BCUT2D eigenvalue weighted by Gasteiger charge is -2.24. The molecule has 0 fully saturated rings. The van der Waals surface area contributed by atoms with Gasteiger partial charge in [0, 0.05) is 24.0 Å². The van der Waals surface area contributed by atoms with Crippen LogP contribution in [0.25, 0.3) is 0 Å². The summed E-state index contributed by atoms with van der Waals surface area (Å²) in [5.41, 5.74) is 1.97. The van der Waals surface area contributed by atoms with Crippen LogP contribution in [-0.2, 0) is 4.79 Å². The molecular formula is C19H18O4. The molecule has 0 aromatic heterocycles. The minimum Gasteiger partial charge on any atom is -0.512 e. The highest BCUT2D eigenvalue weighted by molar-refractivity contribution is 6.16. The lowest BCUT2D eigenvalue weighted by Crippen LogP contribution is -2.28. The first kappa shape index (κ1) is 15.4. The molecule has 0 saturated carbocycles. The molecule has 4 nitrogen and oxygen atoms in total. The average molecular weight is 310 g/mol. The van der Waals surface area contributed by atoms with Crippen molar-refractivity contribution < 1.29 is 19.5 Å². The number of aliphatic hydroxyl groups excluding tert-OH is 1. The number of allylic oxidation sites excluding steroid dienone is 4. The SMILES string of the molecule is CC(=O)C1=C(O)CCCC(C2CC(=O)c3ccccc3C2=O)=C1. The normalized spacial score (nSPS) is 21.6. The molecule has 0 aliphatic heterocycles. The fraction of sp³-hybridized carbons (Fsp3) is 0.316. The first-order chi connectivity index (χ1) is 11.0. The van der Waals surface area contributed by atoms with Gasteiger partial charge in [-0.05, 0) is 25.8 Å². The van der Waals surface area contributed by atoms with E-state index in [0.29, 0.717) is 30.4 Å². The maximum absolute atomic E-state index is 12.8. The van der Waals surface area contributed by atoms with Gasteiger partial charge in [-0.2, -0.15) is 0 Å². The number of Topliss-reactive ketones (excluding diaryl/α,β-unsaturated/α-hetero) is 3. The Balaban J connectivity index is 2.03. The van der Waals surface area contributed by atoms with Gasteiger partial charge in [0.2, 0.25) is 0 Å². The van der Waals surface area contributed by atoms with Crippen molar-refractivity contribution in [3.8, 4) is 0 Å². The molecule has 23 heavy (non-hydrogen) atoms. The van der Waals surface area contributed by atoms with Crippen LogP contribution in [0.2, 0.25) is 0 Å². The number of hydrogen-bond donors (Lipinski definition) is 1. The van der Waals surface area contributed by atoms with Crippen molar-refractivity contribution in [3.05, 3.63) is 58.4 Å². The summed E-state index contributed by atoms with van der Waals surface area (Å²) in [5.74, 6) is -0.805. The van der Waals surface area contributed by atoms with E-state index in [2.05, 4.69) is 0 Å². The van der Waals surface area contributed by atoms with E-state index in [4.69, 9.17) is 0 Å². The maximum Gasteiger partial charge on any atom is 0.171 e. The molecule has 1 atom stereocenters. The van der Waals surface area contributed by atoms with Gasteiger partial charge in [0.15, 0.2) is 17.3 Å². The average Bonchev–Trinajstić information content (AvgIpc) is 2.73. The predicted molar refractivity (Wildman–Crippen MR) is 85.5 cm³/mol. The molecular weight excluding hydrogens is 292 g/mol. The number of fused-ring (bicyclic) bond motifs is 1. The minimum absolute atomic E-state index is 0.0482. The number of ketones is 3. The summed E-state index contributed by atoms with van der Waals surface area (Å²) in [7, 11) is 0. The molecule has 0 radical (unpaired) electrons. The van der Waals surface area contributed by atoms with Gasteiger partial charge in [-0.3, -0.25) is 14.4 Å². The van der Waals surface area contributed by atoms with Crippen molar-refractivity contribution in [2.75, 3.05) is 0 Å². The van der Waals surface area contributed by atoms with E-state index in [1.54, 1.807) is 30.3 Å². The summed E-state index contributed by atoms with van der Waals surface area (Å²) in [6, 6.07) is 6.86. The highest BCUT2D eigenvalue weighted by Crippen LogP contribution is 2.35. The van der Waals surface area contributed by atoms with Gasteiger partial charge in [0.1, 0.15) is 5.76 Å². The summed E-state index contributed by atoms with van der Waals surface area (Å²) in [6.45, 7) is 1.40. The lowest BCUT2D eigenvalue weighted by molar-refractivity contribution is -0.113. The van der Waals surface area contributed by atoms with Crippen LogP contribution >= 0.6 is 0 Å². The first-order valence-corrected chi connectivity index (χ1v) is 7.79. The minimum atomic E-state index is -0.530. The molecule has 4 heteroatoms. The van der Waals surface area contributed by atoms with E-state index >= 15 is 0 Å². The molecule has 2 aliphatic rings. The number of rotatable bonds is 2. The van der Waals surface area contributed by atoms with Gasteiger partial charge < -0.3 is 5.11 Å². The zero-order valence-corrected chi connectivity index (χ0v) is 13.0. The quantitative estimate of drug-likeness (QED) is 0.906. The Morgan fingerprint density at radius 1 is 1.13 bits per heavy atom. The molecule has 0 amide bonds. The molecule has 2 aliphatic carbocycles. The molecule has 0 saturated heterocycles. The zero-order chi connectivity index (χ0) is 16.6. The Kier molecular flexibility index (Phi) is 3.99. The largest absolute Gasteiger partial charge is 0.512 e. The molecule has 0 bridgehead atoms. The van der Waals surface area contributed by atoms with Crippen LogP contribution in [0.4, 0.5) is 0 Å². The van der Waals surface area contributed by atoms with Gasteiger partial charge in [-0.1, -0.05) is 29.8 Å². The van der Waals surface area contributed by atoms with E-state index in [1.807, 2.05) is 0 Å². The number of carbonyl (C=O) groups excluding carboxylic acids is 3. The number of carbonyl (C=O) groups is 3. The van der Waals surface area contributed by atoms with Crippen LogP contribution in [-0.4, -0.2) is 22.5 Å². The number of hydrogen-bond acceptors (Lipinski definition) is 4. The highest BCUT2D eigenvalue weighted by Gasteiger charge is 2.35. The summed E-state index contributed by atoms with van der Waals surface area (Å²) in [5, 5.41) is 9.97. The summed E-state index contributed by atoms with van der Waals surface area (Å²) < 4.78 is 0. The second kappa shape index (κ2) is 5.95. The third-order valence-electron chi connectivity index (χ3n) is 4.55. The summed E-state index contributed by atoms with van der Waals surface area (Å²) in [6.07, 6.45) is 3.43. The van der Waals surface area contributed by atoms with E-state index < -0.39 is 5.92 Å². The third-order valence-corrected chi connectivity index (χ3v) is 4.55. The Labute approximate surface area is 134 Å². The van der Waals surface area contributed by atoms with Gasteiger partial charge in [-0.15, -0.1) is 0 Å². The Hall–Kier alpha value is -2.49. The van der Waals surface area contributed by atoms with Crippen molar-refractivity contribution in [1.82, 2.24) is 0 Å². The number of aliphatic hydroxyl groups is 1. The first-order valence-electron chi connectivity index (χ1n) is 7.79. The topological polar surface area (TPSA) is 71.4 Å². The van der Waals surface area contributed by atoms with Crippen LogP contribution < -0.4 is 0 Å².